The number of carbonyl (C=O) groups is 1. The largest absolute Gasteiger partial charge is 0.467 e. The van der Waals surface area contributed by atoms with E-state index >= 15 is 0 Å². The predicted octanol–water partition coefficient (Wildman–Crippen LogP) is 2.12. The highest BCUT2D eigenvalue weighted by Gasteiger charge is 2.29. The number of rotatable bonds is 8. The molecule has 1 amide bonds. The van der Waals surface area contributed by atoms with E-state index in [-0.39, 0.29) is 42.9 Å². The first-order valence-corrected chi connectivity index (χ1v) is 9.15. The molecule has 160 valence electrons. The molecule has 8 nitrogen and oxygen atoms in total. The van der Waals surface area contributed by atoms with Crippen molar-refractivity contribution in [3.8, 4) is 5.88 Å². The molecule has 30 heavy (non-hydrogen) atoms. The number of amides is 1. The number of hydrogen-bond donors (Lipinski definition) is 2. The molecule has 0 saturated carbocycles. The van der Waals surface area contributed by atoms with Crippen LogP contribution in [-0.4, -0.2) is 56.7 Å². The molecule has 0 bridgehead atoms. The van der Waals surface area contributed by atoms with Gasteiger partial charge in [-0.1, -0.05) is 11.6 Å². The molecule has 3 aromatic rings. The first-order chi connectivity index (χ1) is 14.2. The number of pyridine rings is 2. The molecule has 3 aromatic heterocycles. The highest BCUT2D eigenvalue weighted by Crippen LogP contribution is 2.25. The second kappa shape index (κ2) is 9.26. The smallest absolute Gasteiger partial charge is 0.422 e. The summed E-state index contributed by atoms with van der Waals surface area (Å²) in [6, 6.07) is 3.15. The lowest BCUT2D eigenvalue weighted by molar-refractivity contribution is -0.154. The average Bonchev–Trinajstić information content (AvgIpc) is 3.08. The Morgan fingerprint density at radius 2 is 2.13 bits per heavy atom. The lowest BCUT2D eigenvalue weighted by atomic mass is 10.2. The van der Waals surface area contributed by atoms with Crippen LogP contribution in [0.1, 0.15) is 11.3 Å². The van der Waals surface area contributed by atoms with Gasteiger partial charge in [0, 0.05) is 30.5 Å². The van der Waals surface area contributed by atoms with Gasteiger partial charge in [0.1, 0.15) is 5.02 Å². The zero-order chi connectivity index (χ0) is 21.7. The monoisotopic (exact) mass is 443 g/mol. The van der Waals surface area contributed by atoms with Crippen LogP contribution in [0.2, 0.25) is 5.02 Å². The Morgan fingerprint density at radius 3 is 2.83 bits per heavy atom. The number of nitrogens with zero attached hydrogens (tertiary/aromatic N) is 4. The Bertz CT molecular complexity index is 1040. The molecule has 3 rings (SSSR count). The van der Waals surface area contributed by atoms with Crippen LogP contribution in [-0.2, 0) is 17.8 Å². The van der Waals surface area contributed by atoms with Crippen LogP contribution in [0, 0.1) is 0 Å². The van der Waals surface area contributed by atoms with Crippen LogP contribution in [0.25, 0.3) is 10.9 Å². The molecule has 0 unspecified atom stereocenters. The Morgan fingerprint density at radius 1 is 1.33 bits per heavy atom. The number of aliphatic hydroxyl groups excluding tert-OH is 1. The van der Waals surface area contributed by atoms with Gasteiger partial charge in [-0.15, -0.1) is 0 Å². The van der Waals surface area contributed by atoms with Crippen LogP contribution < -0.4 is 10.1 Å². The van der Waals surface area contributed by atoms with Crippen molar-refractivity contribution in [1.29, 1.82) is 0 Å². The molecule has 12 heteroatoms. The van der Waals surface area contributed by atoms with Crippen LogP contribution in [0.4, 0.5) is 13.2 Å². The lowest BCUT2D eigenvalue weighted by Crippen LogP contribution is -2.28. The maximum absolute atomic E-state index is 12.3. The van der Waals surface area contributed by atoms with Crippen molar-refractivity contribution >= 4 is 28.4 Å². The summed E-state index contributed by atoms with van der Waals surface area (Å²) in [6.45, 7) is -1.23. The Hall–Kier alpha value is -2.92. The zero-order valence-corrected chi connectivity index (χ0v) is 16.2. The van der Waals surface area contributed by atoms with E-state index in [2.05, 4.69) is 25.1 Å². The summed E-state index contributed by atoms with van der Waals surface area (Å²) in [6.07, 6.45) is 0.144. The van der Waals surface area contributed by atoms with Crippen molar-refractivity contribution in [2.75, 3.05) is 19.8 Å². The van der Waals surface area contributed by atoms with Gasteiger partial charge in [-0.25, -0.2) is 4.98 Å². The van der Waals surface area contributed by atoms with Gasteiger partial charge in [-0.05, 0) is 17.7 Å². The highest BCUT2D eigenvalue weighted by atomic mass is 35.5. The number of hydrogen-bond acceptors (Lipinski definition) is 6. The molecule has 0 saturated heterocycles. The number of nitrogens with one attached hydrogen (secondary N) is 1. The van der Waals surface area contributed by atoms with Gasteiger partial charge >= 0.3 is 6.18 Å². The number of alkyl halides is 3. The van der Waals surface area contributed by atoms with Gasteiger partial charge in [0.25, 0.3) is 0 Å². The van der Waals surface area contributed by atoms with Gasteiger partial charge in [-0.2, -0.15) is 18.3 Å². The topological polar surface area (TPSA) is 102 Å². The number of ether oxygens (including phenoxy) is 1. The van der Waals surface area contributed by atoms with Gasteiger partial charge in [0.2, 0.25) is 11.8 Å². The quantitative estimate of drug-likeness (QED) is 0.553. The van der Waals surface area contributed by atoms with Crippen molar-refractivity contribution < 1.29 is 27.8 Å². The standard InChI is InChI=1S/C18H17ClF3N5O3/c19-13-5-11(7-25-17(13)30-10-18(20,21)22)8-27-9-12-14(26-27)1-2-23-15(12)6-16(29)24-3-4-28/h1-2,5,7,9,28H,3-4,6,8,10H2,(H,24,29). The minimum Gasteiger partial charge on any atom is -0.467 e. The third-order valence-corrected chi connectivity index (χ3v) is 4.18. The Labute approximate surface area is 173 Å². The number of halogens is 4. The Balaban J connectivity index is 1.74. The summed E-state index contributed by atoms with van der Waals surface area (Å²) >= 11 is 5.97. The van der Waals surface area contributed by atoms with E-state index in [9.17, 15) is 18.0 Å². The number of aromatic nitrogens is 4. The summed E-state index contributed by atoms with van der Waals surface area (Å²) in [5, 5.41) is 16.4. The molecule has 0 aromatic carbocycles. The Kier molecular flexibility index (Phi) is 6.73. The van der Waals surface area contributed by atoms with Crippen molar-refractivity contribution in [3.05, 3.63) is 47.0 Å². The van der Waals surface area contributed by atoms with E-state index in [4.69, 9.17) is 16.7 Å². The van der Waals surface area contributed by atoms with Crippen molar-refractivity contribution in [1.82, 2.24) is 25.1 Å². The van der Waals surface area contributed by atoms with Crippen molar-refractivity contribution in [3.63, 3.8) is 0 Å². The van der Waals surface area contributed by atoms with Crippen LogP contribution in [0.5, 0.6) is 5.88 Å². The number of carbonyl (C=O) groups excluding carboxylic acids is 1. The zero-order valence-electron chi connectivity index (χ0n) is 15.5. The van der Waals surface area contributed by atoms with E-state index in [1.165, 1.54) is 12.3 Å². The summed E-state index contributed by atoms with van der Waals surface area (Å²) < 4.78 is 43.0. The molecule has 0 fully saturated rings. The number of aliphatic hydroxyl groups is 1. The normalized spacial score (nSPS) is 11.6. The maximum atomic E-state index is 12.3. The maximum Gasteiger partial charge on any atom is 0.422 e. The molecule has 0 radical (unpaired) electrons. The van der Waals surface area contributed by atoms with Crippen molar-refractivity contribution in [2.24, 2.45) is 0 Å². The molecular formula is C18H17ClF3N5O3. The lowest BCUT2D eigenvalue weighted by Gasteiger charge is -2.10. The minimum atomic E-state index is -4.49. The fraction of sp³-hybridized carbons (Fsp3) is 0.333. The molecule has 2 N–H and O–H groups in total. The van der Waals surface area contributed by atoms with Crippen LogP contribution in [0.15, 0.2) is 30.7 Å². The fourth-order valence-electron chi connectivity index (χ4n) is 2.68. The predicted molar refractivity (Wildman–Crippen MR) is 101 cm³/mol. The van der Waals surface area contributed by atoms with E-state index in [1.807, 2.05) is 0 Å². The van der Waals surface area contributed by atoms with Gasteiger partial charge < -0.3 is 15.2 Å². The highest BCUT2D eigenvalue weighted by molar-refractivity contribution is 6.31. The van der Waals surface area contributed by atoms with E-state index in [0.29, 0.717) is 22.2 Å². The molecule has 0 atom stereocenters. The molecule has 0 aliphatic heterocycles. The van der Waals surface area contributed by atoms with Gasteiger partial charge in [-0.3, -0.25) is 14.5 Å². The van der Waals surface area contributed by atoms with Crippen LogP contribution in [0.3, 0.4) is 0 Å². The van der Waals surface area contributed by atoms with Gasteiger partial charge in [0.15, 0.2) is 6.61 Å². The van der Waals surface area contributed by atoms with E-state index in [0.717, 1.165) is 0 Å². The van der Waals surface area contributed by atoms with Crippen molar-refractivity contribution in [2.45, 2.75) is 19.1 Å². The third-order valence-electron chi connectivity index (χ3n) is 3.91. The molecule has 0 aliphatic carbocycles. The summed E-state index contributed by atoms with van der Waals surface area (Å²) in [5.74, 6) is -0.578. The molecule has 0 spiro atoms. The van der Waals surface area contributed by atoms with Gasteiger partial charge in [0.05, 0.1) is 30.8 Å². The molecule has 0 aliphatic rings. The second-order valence-electron chi connectivity index (χ2n) is 6.30. The number of fused-ring (bicyclic) bond motifs is 1. The first-order valence-electron chi connectivity index (χ1n) is 8.78. The van der Waals surface area contributed by atoms with E-state index in [1.54, 1.807) is 23.1 Å². The summed E-state index contributed by atoms with van der Waals surface area (Å²) in [7, 11) is 0. The summed E-state index contributed by atoms with van der Waals surface area (Å²) in [4.78, 5) is 20.0. The second-order valence-corrected chi connectivity index (χ2v) is 6.71. The minimum absolute atomic E-state index is 0.0294. The molecule has 3 heterocycles. The molecular weight excluding hydrogens is 427 g/mol. The third kappa shape index (κ3) is 5.80. The summed E-state index contributed by atoms with van der Waals surface area (Å²) in [5.41, 5.74) is 1.75. The average molecular weight is 444 g/mol. The van der Waals surface area contributed by atoms with Crippen LogP contribution >= 0.6 is 11.6 Å². The fourth-order valence-corrected chi connectivity index (χ4v) is 2.92. The van der Waals surface area contributed by atoms with E-state index < -0.39 is 12.8 Å². The first kappa shape index (κ1) is 21.8. The SMILES string of the molecule is O=C(Cc1nccc2nn(Cc3cnc(OCC(F)(F)F)c(Cl)c3)cc12)NCCO.